The van der Waals surface area contributed by atoms with Gasteiger partial charge in [0.2, 0.25) is 0 Å². The molecule has 0 spiro atoms. The van der Waals surface area contributed by atoms with Gasteiger partial charge in [0.15, 0.2) is 0 Å². The minimum absolute atomic E-state index is 0.535. The van der Waals surface area contributed by atoms with E-state index >= 15 is 0 Å². The average Bonchev–Trinajstić information content (AvgIpc) is 2.39. The molecule has 0 aromatic carbocycles. The van der Waals surface area contributed by atoms with E-state index in [2.05, 4.69) is 33.8 Å². The smallest absolute Gasteiger partial charge is 0.132 e. The Balaban J connectivity index is 2.08. The molecule has 1 heterocycles. The molecule has 1 aliphatic rings. The van der Waals surface area contributed by atoms with Crippen molar-refractivity contribution in [3.05, 3.63) is 11.9 Å². The summed E-state index contributed by atoms with van der Waals surface area (Å²) in [5.41, 5.74) is 0. The molecule has 0 amide bonds. The summed E-state index contributed by atoms with van der Waals surface area (Å²) in [6.07, 6.45) is 7.43. The lowest BCUT2D eigenvalue weighted by molar-refractivity contribution is 0.474. The topological polar surface area (TPSA) is 49.8 Å². The van der Waals surface area contributed by atoms with Gasteiger partial charge in [0.1, 0.15) is 17.5 Å². The summed E-state index contributed by atoms with van der Waals surface area (Å²) in [4.78, 5) is 8.90. The Labute approximate surface area is 120 Å². The van der Waals surface area contributed by atoms with Gasteiger partial charge in [0.05, 0.1) is 0 Å². The minimum atomic E-state index is 0.535. The van der Waals surface area contributed by atoms with Crippen molar-refractivity contribution < 1.29 is 0 Å². The molecule has 2 atom stereocenters. The summed E-state index contributed by atoms with van der Waals surface area (Å²) in [6, 6.07) is 2.55. The Hall–Kier alpha value is -0.970. The molecule has 0 radical (unpaired) electrons. The second-order valence-corrected chi connectivity index (χ2v) is 6.10. The zero-order chi connectivity index (χ0) is 13.7. The van der Waals surface area contributed by atoms with Gasteiger partial charge in [-0.1, -0.05) is 12.8 Å². The van der Waals surface area contributed by atoms with Gasteiger partial charge >= 0.3 is 0 Å². The van der Waals surface area contributed by atoms with Crippen molar-refractivity contribution in [3.63, 3.8) is 0 Å². The monoisotopic (exact) mass is 280 g/mol. The van der Waals surface area contributed by atoms with Gasteiger partial charge in [0, 0.05) is 23.9 Å². The van der Waals surface area contributed by atoms with Crippen LogP contribution in [0, 0.1) is 6.92 Å². The Bertz CT molecular complexity index is 410. The fourth-order valence-corrected chi connectivity index (χ4v) is 3.58. The summed E-state index contributed by atoms with van der Waals surface area (Å²) in [6.45, 7) is 4.90. The standard InChI is InChI=1S/C14H24N4S/c1-4-15-13-9-14(17-10(2)16-13)18-11-7-5-6-8-12(11)19-3/h9,11-12H,4-8H2,1-3H3,(H2,15,16,17,18). The Morgan fingerprint density at radius 1 is 1.26 bits per heavy atom. The minimum Gasteiger partial charge on any atom is -0.370 e. The Morgan fingerprint density at radius 2 is 2.00 bits per heavy atom. The Morgan fingerprint density at radius 3 is 2.74 bits per heavy atom. The molecule has 106 valence electrons. The van der Waals surface area contributed by atoms with Gasteiger partial charge in [0.25, 0.3) is 0 Å². The summed E-state index contributed by atoms with van der Waals surface area (Å²) in [5.74, 6) is 2.68. The van der Waals surface area contributed by atoms with Crippen LogP contribution in [0.15, 0.2) is 6.07 Å². The maximum Gasteiger partial charge on any atom is 0.132 e. The van der Waals surface area contributed by atoms with Crippen LogP contribution in [0.5, 0.6) is 0 Å². The highest BCUT2D eigenvalue weighted by atomic mass is 32.2. The molecule has 1 aliphatic carbocycles. The summed E-state index contributed by atoms with van der Waals surface area (Å²) in [7, 11) is 0. The van der Waals surface area contributed by atoms with E-state index in [9.17, 15) is 0 Å². The van der Waals surface area contributed by atoms with E-state index in [1.807, 2.05) is 24.8 Å². The lowest BCUT2D eigenvalue weighted by Gasteiger charge is -2.31. The van der Waals surface area contributed by atoms with Gasteiger partial charge < -0.3 is 10.6 Å². The van der Waals surface area contributed by atoms with Crippen LogP contribution in [0.2, 0.25) is 0 Å². The van der Waals surface area contributed by atoms with Gasteiger partial charge in [-0.15, -0.1) is 0 Å². The number of nitrogens with one attached hydrogen (secondary N) is 2. The molecule has 1 aromatic heterocycles. The summed E-state index contributed by atoms with van der Waals surface area (Å²) >= 11 is 1.97. The third kappa shape index (κ3) is 4.00. The third-order valence-corrected chi connectivity index (χ3v) is 4.70. The Kier molecular flexibility index (Phi) is 5.31. The number of hydrogen-bond acceptors (Lipinski definition) is 5. The molecule has 2 N–H and O–H groups in total. The first-order valence-corrected chi connectivity index (χ1v) is 8.40. The number of thioether (sulfide) groups is 1. The second-order valence-electron chi connectivity index (χ2n) is 5.03. The first kappa shape index (κ1) is 14.4. The maximum atomic E-state index is 4.51. The van der Waals surface area contributed by atoms with Crippen molar-refractivity contribution in [2.24, 2.45) is 0 Å². The number of hydrogen-bond donors (Lipinski definition) is 2. The fraction of sp³-hybridized carbons (Fsp3) is 0.714. The van der Waals surface area contributed by atoms with Crippen LogP contribution in [0.1, 0.15) is 38.4 Å². The molecule has 0 bridgehead atoms. The number of anilines is 2. The van der Waals surface area contributed by atoms with Crippen LogP contribution in [-0.4, -0.2) is 34.1 Å². The highest BCUT2D eigenvalue weighted by Gasteiger charge is 2.24. The highest BCUT2D eigenvalue weighted by molar-refractivity contribution is 7.99. The van der Waals surface area contributed by atoms with E-state index in [4.69, 9.17) is 0 Å². The van der Waals surface area contributed by atoms with E-state index in [1.165, 1.54) is 25.7 Å². The molecule has 2 rings (SSSR count). The zero-order valence-electron chi connectivity index (χ0n) is 12.1. The molecule has 4 nitrogen and oxygen atoms in total. The third-order valence-electron chi connectivity index (χ3n) is 3.53. The van der Waals surface area contributed by atoms with Crippen molar-refractivity contribution in [2.75, 3.05) is 23.4 Å². The van der Waals surface area contributed by atoms with Crippen molar-refractivity contribution in [1.82, 2.24) is 9.97 Å². The molecule has 1 saturated carbocycles. The van der Waals surface area contributed by atoms with Crippen LogP contribution in [0.4, 0.5) is 11.6 Å². The van der Waals surface area contributed by atoms with Crippen LogP contribution >= 0.6 is 11.8 Å². The normalized spacial score (nSPS) is 23.1. The van der Waals surface area contributed by atoms with Crippen molar-refractivity contribution in [3.8, 4) is 0 Å². The lowest BCUT2D eigenvalue weighted by atomic mass is 9.95. The molecule has 19 heavy (non-hydrogen) atoms. The van der Waals surface area contributed by atoms with Crippen molar-refractivity contribution in [2.45, 2.75) is 50.8 Å². The van der Waals surface area contributed by atoms with E-state index in [0.717, 1.165) is 24.0 Å². The number of aromatic nitrogens is 2. The van der Waals surface area contributed by atoms with E-state index < -0.39 is 0 Å². The van der Waals surface area contributed by atoms with Crippen LogP contribution in [0.25, 0.3) is 0 Å². The van der Waals surface area contributed by atoms with E-state index in [0.29, 0.717) is 11.3 Å². The van der Waals surface area contributed by atoms with Crippen LogP contribution in [-0.2, 0) is 0 Å². The SMILES string of the molecule is CCNc1cc(NC2CCCCC2SC)nc(C)n1. The van der Waals surface area contributed by atoms with Gasteiger partial charge in [-0.05, 0) is 32.9 Å². The maximum absolute atomic E-state index is 4.51. The molecule has 5 heteroatoms. The number of rotatable bonds is 5. The van der Waals surface area contributed by atoms with Gasteiger partial charge in [-0.3, -0.25) is 0 Å². The zero-order valence-corrected chi connectivity index (χ0v) is 12.9. The largest absolute Gasteiger partial charge is 0.370 e. The average molecular weight is 280 g/mol. The van der Waals surface area contributed by atoms with Crippen molar-refractivity contribution in [1.29, 1.82) is 0 Å². The van der Waals surface area contributed by atoms with Crippen LogP contribution < -0.4 is 10.6 Å². The number of aryl methyl sites for hydroxylation is 1. The molecule has 1 fully saturated rings. The second kappa shape index (κ2) is 6.98. The van der Waals surface area contributed by atoms with Crippen molar-refractivity contribution >= 4 is 23.4 Å². The first-order chi connectivity index (χ1) is 9.22. The lowest BCUT2D eigenvalue weighted by Crippen LogP contribution is -2.34. The van der Waals surface area contributed by atoms with E-state index in [1.54, 1.807) is 0 Å². The quantitative estimate of drug-likeness (QED) is 0.866. The van der Waals surface area contributed by atoms with E-state index in [-0.39, 0.29) is 0 Å². The summed E-state index contributed by atoms with van der Waals surface area (Å²) < 4.78 is 0. The van der Waals surface area contributed by atoms with Crippen LogP contribution in [0.3, 0.4) is 0 Å². The first-order valence-electron chi connectivity index (χ1n) is 7.11. The molecule has 2 unspecified atom stereocenters. The molecule has 0 aliphatic heterocycles. The molecule has 1 aromatic rings. The van der Waals surface area contributed by atoms with Gasteiger partial charge in [-0.2, -0.15) is 11.8 Å². The molecule has 0 saturated heterocycles. The molecular weight excluding hydrogens is 256 g/mol. The predicted octanol–water partition coefficient (Wildman–Crippen LogP) is 3.30. The number of nitrogens with zero attached hydrogens (tertiary/aromatic N) is 2. The molecular formula is C14H24N4S. The fourth-order valence-electron chi connectivity index (χ4n) is 2.65. The highest BCUT2D eigenvalue weighted by Crippen LogP contribution is 2.29. The summed E-state index contributed by atoms with van der Waals surface area (Å²) in [5, 5.41) is 7.56. The van der Waals surface area contributed by atoms with Gasteiger partial charge in [-0.25, -0.2) is 9.97 Å². The predicted molar refractivity (Wildman–Crippen MR) is 84.1 cm³/mol.